The van der Waals surface area contributed by atoms with E-state index in [1.54, 1.807) is 4.90 Å². The quantitative estimate of drug-likeness (QED) is 0.718. The number of β-amino-alcohol motifs (C(OH)–C–C–N with tert-alkyl or cyclic N) is 1. The average Bonchev–Trinajstić information content (AvgIpc) is 3.12. The molecule has 6 heteroatoms. The number of urea groups is 1. The molecular weight excluding hydrogens is 364 g/mol. The van der Waals surface area contributed by atoms with Crippen LogP contribution in [-0.4, -0.2) is 58.2 Å². The number of fused-ring (bicyclic) bond motifs is 1. The third kappa shape index (κ3) is 4.09. The van der Waals surface area contributed by atoms with Crippen molar-refractivity contribution in [1.82, 2.24) is 14.8 Å². The Morgan fingerprint density at radius 2 is 1.93 bits per heavy atom. The van der Waals surface area contributed by atoms with Crippen molar-refractivity contribution in [2.75, 3.05) is 25.5 Å². The summed E-state index contributed by atoms with van der Waals surface area (Å²) in [5.74, 6) is 0. The molecule has 1 aromatic heterocycles. The van der Waals surface area contributed by atoms with Crippen LogP contribution in [0.2, 0.25) is 0 Å². The van der Waals surface area contributed by atoms with Gasteiger partial charge in [-0.15, -0.1) is 0 Å². The number of aromatic nitrogens is 1. The highest BCUT2D eigenvalue weighted by Crippen LogP contribution is 2.22. The highest BCUT2D eigenvalue weighted by atomic mass is 16.3. The lowest BCUT2D eigenvalue weighted by atomic mass is 10.1. The Kier molecular flexibility index (Phi) is 5.47. The first-order valence-electron chi connectivity index (χ1n) is 9.85. The summed E-state index contributed by atoms with van der Waals surface area (Å²) in [5, 5.41) is 14.7. The van der Waals surface area contributed by atoms with Gasteiger partial charge in [-0.05, 0) is 43.3 Å². The highest BCUT2D eigenvalue weighted by molar-refractivity contribution is 5.90. The Bertz CT molecular complexity index is 1020. The number of para-hydroxylation sites is 2. The average molecular weight is 390 g/mol. The van der Waals surface area contributed by atoms with Crippen LogP contribution in [-0.2, 0) is 6.54 Å². The number of aryl methyl sites for hydroxylation is 1. The molecule has 1 fully saturated rings. The largest absolute Gasteiger partial charge is 0.390 e. The predicted molar refractivity (Wildman–Crippen MR) is 115 cm³/mol. The summed E-state index contributed by atoms with van der Waals surface area (Å²) in [6.45, 7) is 3.45. The number of carbonyl (C=O) groups excluding carboxylic acids is 1. The standard InChI is InChI=1S/C23H26N4O2/c1-16-7-3-5-9-19(16)25-23(29)27-14-21(22(28)15-27)26(2)13-17-11-12-24-20-10-6-4-8-18(17)20/h3-12,21-22,28H,13-15H2,1-2H3,(H,25,29)/t21-,22-/m1/s1. The van der Waals surface area contributed by atoms with Gasteiger partial charge in [-0.1, -0.05) is 36.4 Å². The second kappa shape index (κ2) is 8.19. The summed E-state index contributed by atoms with van der Waals surface area (Å²) in [6.07, 6.45) is 1.23. The van der Waals surface area contributed by atoms with Gasteiger partial charge in [0.25, 0.3) is 0 Å². The molecule has 150 valence electrons. The first kappa shape index (κ1) is 19.4. The topological polar surface area (TPSA) is 68.7 Å². The number of nitrogens with zero attached hydrogens (tertiary/aromatic N) is 3. The number of pyridine rings is 1. The minimum Gasteiger partial charge on any atom is -0.390 e. The summed E-state index contributed by atoms with van der Waals surface area (Å²) >= 11 is 0. The summed E-state index contributed by atoms with van der Waals surface area (Å²) in [4.78, 5) is 20.9. The van der Waals surface area contributed by atoms with Crippen LogP contribution in [0.1, 0.15) is 11.1 Å². The zero-order valence-corrected chi connectivity index (χ0v) is 16.7. The van der Waals surface area contributed by atoms with E-state index in [-0.39, 0.29) is 12.1 Å². The van der Waals surface area contributed by atoms with Crippen LogP contribution in [0.3, 0.4) is 0 Å². The van der Waals surface area contributed by atoms with Crippen LogP contribution in [0.5, 0.6) is 0 Å². The number of rotatable bonds is 4. The molecule has 2 aromatic carbocycles. The third-order valence-electron chi connectivity index (χ3n) is 5.66. The lowest BCUT2D eigenvalue weighted by molar-refractivity contribution is 0.0953. The molecule has 2 heterocycles. The van der Waals surface area contributed by atoms with Crippen molar-refractivity contribution in [3.8, 4) is 0 Å². The van der Waals surface area contributed by atoms with Crippen molar-refractivity contribution >= 4 is 22.6 Å². The fraction of sp³-hybridized carbons (Fsp3) is 0.304. The number of anilines is 1. The smallest absolute Gasteiger partial charge is 0.321 e. The van der Waals surface area contributed by atoms with E-state index in [4.69, 9.17) is 0 Å². The van der Waals surface area contributed by atoms with Crippen molar-refractivity contribution in [2.24, 2.45) is 0 Å². The molecule has 1 aliphatic heterocycles. The molecule has 1 aliphatic rings. The van der Waals surface area contributed by atoms with Crippen LogP contribution in [0.4, 0.5) is 10.5 Å². The van der Waals surface area contributed by atoms with Crippen LogP contribution in [0.15, 0.2) is 60.8 Å². The molecule has 0 radical (unpaired) electrons. The van der Waals surface area contributed by atoms with Crippen molar-refractivity contribution in [2.45, 2.75) is 25.6 Å². The van der Waals surface area contributed by atoms with Crippen LogP contribution < -0.4 is 5.32 Å². The van der Waals surface area contributed by atoms with E-state index in [0.717, 1.165) is 27.7 Å². The molecule has 0 saturated carbocycles. The molecule has 0 bridgehead atoms. The fourth-order valence-corrected chi connectivity index (χ4v) is 3.95. The van der Waals surface area contributed by atoms with E-state index in [0.29, 0.717) is 19.6 Å². The monoisotopic (exact) mass is 390 g/mol. The number of hydrogen-bond donors (Lipinski definition) is 2. The molecule has 2 atom stereocenters. The molecule has 4 rings (SSSR count). The number of aliphatic hydroxyl groups is 1. The first-order chi connectivity index (χ1) is 14.0. The van der Waals surface area contributed by atoms with Crippen LogP contribution in [0.25, 0.3) is 10.9 Å². The van der Waals surface area contributed by atoms with Gasteiger partial charge in [0.05, 0.1) is 24.2 Å². The summed E-state index contributed by atoms with van der Waals surface area (Å²) < 4.78 is 0. The predicted octanol–water partition coefficient (Wildman–Crippen LogP) is 3.25. The molecule has 3 aromatic rings. The van der Waals surface area contributed by atoms with Crippen molar-refractivity contribution in [3.05, 3.63) is 71.9 Å². The molecule has 6 nitrogen and oxygen atoms in total. The van der Waals surface area contributed by atoms with Gasteiger partial charge in [-0.3, -0.25) is 9.88 Å². The van der Waals surface area contributed by atoms with Gasteiger partial charge in [0.1, 0.15) is 0 Å². The SMILES string of the molecule is Cc1ccccc1NC(=O)N1C[C@@H](O)[C@H](N(C)Cc2ccnc3ccccc23)C1. The minimum absolute atomic E-state index is 0.121. The zero-order chi connectivity index (χ0) is 20.4. The van der Waals surface area contributed by atoms with Gasteiger partial charge < -0.3 is 15.3 Å². The van der Waals surface area contributed by atoms with Gasteiger partial charge in [0, 0.05) is 30.4 Å². The van der Waals surface area contributed by atoms with Crippen molar-refractivity contribution in [1.29, 1.82) is 0 Å². The van der Waals surface area contributed by atoms with E-state index in [2.05, 4.69) is 21.3 Å². The van der Waals surface area contributed by atoms with E-state index < -0.39 is 6.10 Å². The molecule has 29 heavy (non-hydrogen) atoms. The van der Waals surface area contributed by atoms with Crippen molar-refractivity contribution in [3.63, 3.8) is 0 Å². The van der Waals surface area contributed by atoms with E-state index >= 15 is 0 Å². The molecule has 0 aliphatic carbocycles. The Balaban J connectivity index is 1.44. The summed E-state index contributed by atoms with van der Waals surface area (Å²) in [6, 6.07) is 17.5. The number of carbonyl (C=O) groups is 1. The highest BCUT2D eigenvalue weighted by Gasteiger charge is 2.36. The van der Waals surface area contributed by atoms with E-state index in [1.807, 2.05) is 68.7 Å². The summed E-state index contributed by atoms with van der Waals surface area (Å²) in [7, 11) is 1.99. The van der Waals surface area contributed by atoms with Crippen LogP contribution >= 0.6 is 0 Å². The molecule has 0 spiro atoms. The van der Waals surface area contributed by atoms with Gasteiger partial charge in [-0.2, -0.15) is 0 Å². The van der Waals surface area contributed by atoms with Gasteiger partial charge in [0.2, 0.25) is 0 Å². The number of likely N-dealkylation sites (N-methyl/N-ethyl adjacent to an activating group) is 1. The molecule has 1 saturated heterocycles. The lowest BCUT2D eigenvalue weighted by Crippen LogP contribution is -2.40. The Morgan fingerprint density at radius 1 is 1.17 bits per heavy atom. The maximum atomic E-state index is 12.7. The second-order valence-electron chi connectivity index (χ2n) is 7.69. The molecular formula is C23H26N4O2. The number of nitrogens with one attached hydrogen (secondary N) is 1. The van der Waals surface area contributed by atoms with Gasteiger partial charge >= 0.3 is 6.03 Å². The van der Waals surface area contributed by atoms with Crippen LogP contribution in [0, 0.1) is 6.92 Å². The molecule has 2 N–H and O–H groups in total. The maximum Gasteiger partial charge on any atom is 0.321 e. The van der Waals surface area contributed by atoms with Crippen molar-refractivity contribution < 1.29 is 9.90 Å². The third-order valence-corrected chi connectivity index (χ3v) is 5.66. The number of benzene rings is 2. The van der Waals surface area contributed by atoms with Gasteiger partial charge in [0.15, 0.2) is 0 Å². The zero-order valence-electron chi connectivity index (χ0n) is 16.7. The Hall–Kier alpha value is -2.96. The second-order valence-corrected chi connectivity index (χ2v) is 7.69. The Morgan fingerprint density at radius 3 is 2.76 bits per heavy atom. The molecule has 2 amide bonds. The molecule has 0 unspecified atom stereocenters. The first-order valence-corrected chi connectivity index (χ1v) is 9.85. The summed E-state index contributed by atoms with van der Waals surface area (Å²) in [5.41, 5.74) is 3.93. The number of amides is 2. The fourth-order valence-electron chi connectivity index (χ4n) is 3.95. The van der Waals surface area contributed by atoms with Gasteiger partial charge in [-0.25, -0.2) is 4.79 Å². The Labute approximate surface area is 170 Å². The number of likely N-dealkylation sites (tertiary alicyclic amines) is 1. The number of hydrogen-bond acceptors (Lipinski definition) is 4. The number of aliphatic hydroxyl groups excluding tert-OH is 1. The van der Waals surface area contributed by atoms with E-state index in [9.17, 15) is 9.90 Å². The maximum absolute atomic E-state index is 12.7. The van der Waals surface area contributed by atoms with E-state index in [1.165, 1.54) is 0 Å². The normalized spacial score (nSPS) is 19.1. The minimum atomic E-state index is -0.587. The lowest BCUT2D eigenvalue weighted by Gasteiger charge is -2.27.